The van der Waals surface area contributed by atoms with Crippen LogP contribution in [0.4, 0.5) is 5.69 Å². The zero-order valence-corrected chi connectivity index (χ0v) is 23.8. The monoisotopic (exact) mass is 575 g/mol. The lowest BCUT2D eigenvalue weighted by Crippen LogP contribution is -2.53. The summed E-state index contributed by atoms with van der Waals surface area (Å²) in [5.41, 5.74) is 0.943. The van der Waals surface area contributed by atoms with Gasteiger partial charge in [0.1, 0.15) is 12.6 Å². The second-order valence-electron chi connectivity index (χ2n) is 9.05. The SMILES string of the molecule is CC[C@@H](C(=O)NC(C)C)N(Cc1ccccc1)C(=O)CN(c1cc(Cl)cc(Cl)c1)S(=O)(=O)c1ccccc1. The second-order valence-corrected chi connectivity index (χ2v) is 11.8. The number of halogens is 2. The van der Waals surface area contributed by atoms with Crippen molar-refractivity contribution in [2.45, 2.75) is 50.7 Å². The standard InChI is InChI=1S/C28H31Cl2N3O4S/c1-4-26(28(35)31-20(2)3)32(18-21-11-7-5-8-12-21)27(34)19-33(24-16-22(29)15-23(30)17-24)38(36,37)25-13-9-6-10-14-25/h5-17,20,26H,4,18-19H2,1-3H3,(H,31,35)/t26-/m0/s1. The van der Waals surface area contributed by atoms with Crippen LogP contribution in [0.5, 0.6) is 0 Å². The van der Waals surface area contributed by atoms with Gasteiger partial charge in [-0.15, -0.1) is 0 Å². The highest BCUT2D eigenvalue weighted by molar-refractivity contribution is 7.92. The molecule has 0 heterocycles. The highest BCUT2D eigenvalue weighted by Crippen LogP contribution is 2.30. The van der Waals surface area contributed by atoms with Crippen LogP contribution in [0, 0.1) is 0 Å². The maximum atomic E-state index is 13.9. The minimum Gasteiger partial charge on any atom is -0.352 e. The van der Waals surface area contributed by atoms with E-state index in [-0.39, 0.29) is 39.1 Å². The van der Waals surface area contributed by atoms with Crippen LogP contribution in [0.15, 0.2) is 83.8 Å². The lowest BCUT2D eigenvalue weighted by molar-refractivity contribution is -0.140. The number of amides is 2. The molecule has 0 spiro atoms. The van der Waals surface area contributed by atoms with E-state index in [1.807, 2.05) is 51.1 Å². The van der Waals surface area contributed by atoms with Crippen LogP contribution in [0.1, 0.15) is 32.8 Å². The molecule has 1 atom stereocenters. The maximum absolute atomic E-state index is 13.9. The number of nitrogens with zero attached hydrogens (tertiary/aromatic N) is 2. The Bertz CT molecular complexity index is 1330. The van der Waals surface area contributed by atoms with E-state index < -0.39 is 28.5 Å². The number of hydrogen-bond donors (Lipinski definition) is 1. The number of hydrogen-bond acceptors (Lipinski definition) is 4. The van der Waals surface area contributed by atoms with Gasteiger partial charge in [0.15, 0.2) is 0 Å². The van der Waals surface area contributed by atoms with E-state index >= 15 is 0 Å². The molecule has 0 aliphatic rings. The normalized spacial score (nSPS) is 12.2. The highest BCUT2D eigenvalue weighted by Gasteiger charge is 2.34. The quantitative estimate of drug-likeness (QED) is 0.326. The maximum Gasteiger partial charge on any atom is 0.264 e. The van der Waals surface area contributed by atoms with Crippen LogP contribution in [0.2, 0.25) is 10.0 Å². The minimum absolute atomic E-state index is 0.00287. The molecule has 0 aliphatic heterocycles. The number of carbonyl (C=O) groups excluding carboxylic acids is 2. The van der Waals surface area contributed by atoms with E-state index in [0.29, 0.717) is 6.42 Å². The van der Waals surface area contributed by atoms with Crippen molar-refractivity contribution >= 4 is 50.7 Å². The fraction of sp³-hybridized carbons (Fsp3) is 0.286. The van der Waals surface area contributed by atoms with Gasteiger partial charge < -0.3 is 10.2 Å². The average Bonchev–Trinajstić information content (AvgIpc) is 2.87. The largest absolute Gasteiger partial charge is 0.352 e. The molecular formula is C28H31Cl2N3O4S. The third-order valence-electron chi connectivity index (χ3n) is 5.76. The third kappa shape index (κ3) is 7.49. The first-order chi connectivity index (χ1) is 18.0. The molecule has 0 saturated carbocycles. The van der Waals surface area contributed by atoms with Gasteiger partial charge in [0.25, 0.3) is 10.0 Å². The lowest BCUT2D eigenvalue weighted by atomic mass is 10.1. The Balaban J connectivity index is 2.07. The van der Waals surface area contributed by atoms with Gasteiger partial charge in [0.05, 0.1) is 10.6 Å². The van der Waals surface area contributed by atoms with E-state index in [2.05, 4.69) is 5.32 Å². The molecule has 3 aromatic carbocycles. The van der Waals surface area contributed by atoms with Gasteiger partial charge in [0.2, 0.25) is 11.8 Å². The first-order valence-corrected chi connectivity index (χ1v) is 14.4. The van der Waals surface area contributed by atoms with E-state index in [1.54, 1.807) is 18.2 Å². The van der Waals surface area contributed by atoms with Crippen molar-refractivity contribution < 1.29 is 18.0 Å². The van der Waals surface area contributed by atoms with E-state index in [9.17, 15) is 18.0 Å². The summed E-state index contributed by atoms with van der Waals surface area (Å²) in [6.07, 6.45) is 0.339. The van der Waals surface area contributed by atoms with Crippen molar-refractivity contribution in [1.82, 2.24) is 10.2 Å². The number of anilines is 1. The van der Waals surface area contributed by atoms with Gasteiger partial charge in [-0.2, -0.15) is 0 Å². The van der Waals surface area contributed by atoms with Gasteiger partial charge in [-0.05, 0) is 56.2 Å². The van der Waals surface area contributed by atoms with E-state index in [0.717, 1.165) is 9.87 Å². The Morgan fingerprint density at radius 2 is 1.45 bits per heavy atom. The Hall–Kier alpha value is -3.07. The van der Waals surface area contributed by atoms with Gasteiger partial charge in [0, 0.05) is 22.6 Å². The molecule has 0 aromatic heterocycles. The zero-order chi connectivity index (χ0) is 27.9. The molecule has 7 nitrogen and oxygen atoms in total. The van der Waals surface area contributed by atoms with Crippen molar-refractivity contribution in [1.29, 1.82) is 0 Å². The molecule has 1 N–H and O–H groups in total. The molecule has 3 rings (SSSR count). The van der Waals surface area contributed by atoms with Crippen LogP contribution in [0.25, 0.3) is 0 Å². The number of benzene rings is 3. The molecule has 202 valence electrons. The van der Waals surface area contributed by atoms with Crippen molar-refractivity contribution in [3.05, 3.63) is 94.5 Å². The molecule has 2 amide bonds. The van der Waals surface area contributed by atoms with E-state index in [1.165, 1.54) is 35.2 Å². The predicted molar refractivity (Wildman–Crippen MR) is 152 cm³/mol. The summed E-state index contributed by atoms with van der Waals surface area (Å²) in [7, 11) is -4.19. The number of nitrogens with one attached hydrogen (secondary N) is 1. The summed E-state index contributed by atoms with van der Waals surface area (Å²) in [6, 6.07) is 20.4. The summed E-state index contributed by atoms with van der Waals surface area (Å²) in [4.78, 5) is 28.5. The van der Waals surface area contributed by atoms with Crippen LogP contribution < -0.4 is 9.62 Å². The third-order valence-corrected chi connectivity index (χ3v) is 7.98. The summed E-state index contributed by atoms with van der Waals surface area (Å²) >= 11 is 12.4. The summed E-state index contributed by atoms with van der Waals surface area (Å²) in [6.45, 7) is 5.05. The van der Waals surface area contributed by atoms with Gasteiger partial charge in [-0.3, -0.25) is 13.9 Å². The minimum atomic E-state index is -4.19. The van der Waals surface area contributed by atoms with Crippen LogP contribution in [-0.2, 0) is 26.2 Å². The summed E-state index contributed by atoms with van der Waals surface area (Å²) in [5, 5.41) is 3.31. The highest BCUT2D eigenvalue weighted by atomic mass is 35.5. The van der Waals surface area contributed by atoms with Crippen LogP contribution in [-0.4, -0.2) is 43.8 Å². The summed E-state index contributed by atoms with van der Waals surface area (Å²) in [5.74, 6) is -0.856. The van der Waals surface area contributed by atoms with Crippen molar-refractivity contribution in [3.63, 3.8) is 0 Å². The lowest BCUT2D eigenvalue weighted by Gasteiger charge is -2.33. The van der Waals surface area contributed by atoms with Crippen molar-refractivity contribution in [2.75, 3.05) is 10.8 Å². The molecule has 38 heavy (non-hydrogen) atoms. The zero-order valence-electron chi connectivity index (χ0n) is 21.5. The number of sulfonamides is 1. The predicted octanol–water partition coefficient (Wildman–Crippen LogP) is 5.52. The van der Waals surface area contributed by atoms with Gasteiger partial charge in [-0.1, -0.05) is 78.7 Å². The Morgan fingerprint density at radius 3 is 1.97 bits per heavy atom. The van der Waals surface area contributed by atoms with Crippen LogP contribution in [0.3, 0.4) is 0 Å². The Labute approximate surface area is 234 Å². The Morgan fingerprint density at radius 1 is 0.895 bits per heavy atom. The fourth-order valence-electron chi connectivity index (χ4n) is 4.01. The second kappa shape index (κ2) is 13.1. The van der Waals surface area contributed by atoms with Gasteiger partial charge >= 0.3 is 0 Å². The molecule has 3 aromatic rings. The topological polar surface area (TPSA) is 86.8 Å². The molecule has 0 radical (unpaired) electrons. The number of rotatable bonds is 11. The van der Waals surface area contributed by atoms with E-state index in [4.69, 9.17) is 23.2 Å². The first kappa shape index (κ1) is 29.5. The first-order valence-electron chi connectivity index (χ1n) is 12.2. The molecule has 0 saturated heterocycles. The van der Waals surface area contributed by atoms with Gasteiger partial charge in [-0.25, -0.2) is 8.42 Å². The average molecular weight is 577 g/mol. The van der Waals surface area contributed by atoms with Crippen LogP contribution >= 0.6 is 23.2 Å². The Kier molecular flexibility index (Phi) is 10.2. The molecule has 0 aliphatic carbocycles. The molecule has 0 fully saturated rings. The summed E-state index contributed by atoms with van der Waals surface area (Å²) < 4.78 is 28.5. The molecule has 0 bridgehead atoms. The molecule has 0 unspecified atom stereocenters. The van der Waals surface area contributed by atoms with Crippen molar-refractivity contribution in [3.8, 4) is 0 Å². The fourth-order valence-corrected chi connectivity index (χ4v) is 5.95. The van der Waals surface area contributed by atoms with Crippen molar-refractivity contribution in [2.24, 2.45) is 0 Å². The number of carbonyl (C=O) groups is 2. The molecule has 10 heteroatoms. The smallest absolute Gasteiger partial charge is 0.264 e. The molecular weight excluding hydrogens is 545 g/mol.